The van der Waals surface area contributed by atoms with Crippen molar-refractivity contribution in [1.29, 1.82) is 0 Å². The number of carbonyl (C=O) groups excluding carboxylic acids is 1. The van der Waals surface area contributed by atoms with E-state index in [1.54, 1.807) is 7.11 Å². The van der Waals surface area contributed by atoms with Crippen molar-refractivity contribution >= 4 is 35.2 Å². The number of ether oxygens (including phenoxy) is 2. The third kappa shape index (κ3) is 16.0. The molecule has 1 aromatic heterocycles. The summed E-state index contributed by atoms with van der Waals surface area (Å²) in [6, 6.07) is 11.8. The predicted octanol–water partition coefficient (Wildman–Crippen LogP) is 5.48. The van der Waals surface area contributed by atoms with E-state index in [9.17, 15) is 44.3 Å². The highest BCUT2D eigenvalue weighted by Crippen LogP contribution is 2.34. The largest absolute Gasteiger partial charge is 0.497 e. The smallest absolute Gasteiger partial charge is 0.490 e. The molecular formula is C32H36F9N5O9. The second kappa shape index (κ2) is 20.1. The molecule has 0 bridgehead atoms. The number of hydrogen-bond acceptors (Lipinski definition) is 9. The number of aromatic nitrogens is 2. The lowest BCUT2D eigenvalue weighted by Gasteiger charge is -2.27. The van der Waals surface area contributed by atoms with E-state index in [-0.39, 0.29) is 11.8 Å². The third-order valence-electron chi connectivity index (χ3n) is 6.96. The van der Waals surface area contributed by atoms with E-state index in [4.69, 9.17) is 39.2 Å². The summed E-state index contributed by atoms with van der Waals surface area (Å²) in [6.07, 6.45) is -12.8. The number of carboxylic acids is 3. The van der Waals surface area contributed by atoms with Crippen molar-refractivity contribution in [3.05, 3.63) is 53.9 Å². The molecule has 1 aliphatic heterocycles. The highest BCUT2D eigenvalue weighted by atomic mass is 19.4. The first-order chi connectivity index (χ1) is 25.2. The summed E-state index contributed by atoms with van der Waals surface area (Å²) in [4.78, 5) is 44.3. The topological polar surface area (TPSA) is 195 Å². The summed E-state index contributed by atoms with van der Waals surface area (Å²) in [5.74, 6) is -7.03. The lowest BCUT2D eigenvalue weighted by molar-refractivity contribution is -0.193. The number of carbonyl (C=O) groups is 4. The number of nitrogens with one attached hydrogen (secondary N) is 2. The van der Waals surface area contributed by atoms with Crippen LogP contribution in [0.4, 0.5) is 50.9 Å². The molecule has 4 rings (SSSR count). The number of alkyl halides is 9. The zero-order valence-corrected chi connectivity index (χ0v) is 29.5. The van der Waals surface area contributed by atoms with Gasteiger partial charge in [0.1, 0.15) is 18.1 Å². The molecule has 23 heteroatoms. The lowest BCUT2D eigenvalue weighted by Crippen LogP contribution is -2.33. The number of anilines is 2. The number of nitrogens with zero attached hydrogens (tertiary/aromatic N) is 3. The molecule has 1 aliphatic rings. The fourth-order valence-corrected chi connectivity index (χ4v) is 4.13. The minimum Gasteiger partial charge on any atom is -0.497 e. The van der Waals surface area contributed by atoms with Crippen molar-refractivity contribution in [3.8, 4) is 22.6 Å². The molecule has 3 aromatic rings. The number of fused-ring (bicyclic) bond motifs is 1. The Hall–Kier alpha value is -5.74. The third-order valence-corrected chi connectivity index (χ3v) is 6.96. The Morgan fingerprint density at radius 3 is 1.84 bits per heavy atom. The van der Waals surface area contributed by atoms with Crippen LogP contribution in [0.25, 0.3) is 11.1 Å². The lowest BCUT2D eigenvalue weighted by atomic mass is 9.95. The van der Waals surface area contributed by atoms with Gasteiger partial charge in [0.15, 0.2) is 0 Å². The van der Waals surface area contributed by atoms with Gasteiger partial charge < -0.3 is 39.9 Å². The van der Waals surface area contributed by atoms with Gasteiger partial charge >= 0.3 is 36.4 Å². The molecule has 0 spiro atoms. The molecule has 1 unspecified atom stereocenters. The van der Waals surface area contributed by atoms with Crippen molar-refractivity contribution in [2.75, 3.05) is 58.2 Å². The SMILES string of the molecule is COc1ccc2c(c1)CC(C(=O)Nc1ccc(-c3cn[nH]c3C)cc1N(C)CCN(C)C)CO2.O=C(O)C(F)(F)F.O=C(O)C(F)(F)F.O=C(O)C(F)(F)F. The van der Waals surface area contributed by atoms with Gasteiger partial charge in [-0.15, -0.1) is 0 Å². The van der Waals surface area contributed by atoms with E-state index in [0.717, 1.165) is 58.3 Å². The van der Waals surface area contributed by atoms with Gasteiger partial charge in [-0.05, 0) is 68.9 Å². The molecular weight excluding hydrogens is 769 g/mol. The molecule has 5 N–H and O–H groups in total. The number of likely N-dealkylation sites (N-methyl/N-ethyl adjacent to an activating group) is 2. The number of amides is 1. The number of methoxy groups -OCH3 is 1. The number of benzene rings is 2. The molecule has 55 heavy (non-hydrogen) atoms. The molecule has 2 heterocycles. The van der Waals surface area contributed by atoms with Gasteiger partial charge in [-0.2, -0.15) is 44.6 Å². The zero-order valence-electron chi connectivity index (χ0n) is 29.5. The maximum atomic E-state index is 13.3. The van der Waals surface area contributed by atoms with E-state index in [2.05, 4.69) is 45.5 Å². The number of aryl methyl sites for hydroxylation is 1. The number of halogens is 9. The highest BCUT2D eigenvalue weighted by Gasteiger charge is 2.39. The molecule has 0 saturated carbocycles. The summed E-state index contributed by atoms with van der Waals surface area (Å²) < 4.78 is 106. The van der Waals surface area contributed by atoms with Crippen LogP contribution in [0.3, 0.4) is 0 Å². The van der Waals surface area contributed by atoms with E-state index < -0.39 is 36.4 Å². The van der Waals surface area contributed by atoms with Crippen LogP contribution >= 0.6 is 0 Å². The molecule has 0 fully saturated rings. The van der Waals surface area contributed by atoms with Crippen LogP contribution < -0.4 is 19.7 Å². The molecule has 2 aromatic carbocycles. The van der Waals surface area contributed by atoms with Crippen LogP contribution in [0, 0.1) is 12.8 Å². The first-order valence-corrected chi connectivity index (χ1v) is 15.2. The molecule has 0 radical (unpaired) electrons. The molecule has 1 atom stereocenters. The Balaban J connectivity index is 0.000000588. The summed E-state index contributed by atoms with van der Waals surface area (Å²) in [7, 11) is 7.79. The predicted molar refractivity (Wildman–Crippen MR) is 176 cm³/mol. The Morgan fingerprint density at radius 1 is 0.873 bits per heavy atom. The Kier molecular flexibility index (Phi) is 17.3. The van der Waals surface area contributed by atoms with Gasteiger partial charge in [-0.3, -0.25) is 9.89 Å². The maximum Gasteiger partial charge on any atom is 0.490 e. The van der Waals surface area contributed by atoms with Crippen molar-refractivity contribution in [2.24, 2.45) is 5.92 Å². The van der Waals surface area contributed by atoms with Crippen molar-refractivity contribution < 1.29 is 83.5 Å². The van der Waals surface area contributed by atoms with Gasteiger partial charge in [0.2, 0.25) is 5.91 Å². The number of hydrogen-bond donors (Lipinski definition) is 5. The highest BCUT2D eigenvalue weighted by molar-refractivity contribution is 5.97. The van der Waals surface area contributed by atoms with Crippen LogP contribution in [0.5, 0.6) is 11.5 Å². The van der Waals surface area contributed by atoms with Gasteiger partial charge in [0.25, 0.3) is 0 Å². The Bertz CT molecular complexity index is 1700. The fraction of sp³-hybridized carbons (Fsp3) is 0.406. The van der Waals surface area contributed by atoms with Gasteiger partial charge in [0.05, 0.1) is 30.6 Å². The van der Waals surface area contributed by atoms with Crippen LogP contribution in [0.2, 0.25) is 0 Å². The standard InChI is InChI=1S/C26H33N5O3.3C2HF3O2/c1-17-22(15-27-29-17)18-6-8-23(24(14-18)31(4)11-10-30(2)3)28-26(32)20-12-19-13-21(33-5)7-9-25(19)34-16-20;3*3-2(4,5)1(6)7/h6-9,13-15,20H,10-12,16H2,1-5H3,(H,27,29)(H,28,32);3*(H,6,7). The van der Waals surface area contributed by atoms with E-state index >= 15 is 0 Å². The van der Waals surface area contributed by atoms with Crippen LogP contribution in [0.1, 0.15) is 11.3 Å². The minimum atomic E-state index is -5.08. The molecule has 0 aliphatic carbocycles. The number of H-pyrrole nitrogens is 1. The fourth-order valence-electron chi connectivity index (χ4n) is 4.13. The van der Waals surface area contributed by atoms with Crippen LogP contribution in [-0.4, -0.2) is 121 Å². The van der Waals surface area contributed by atoms with E-state index in [1.165, 1.54) is 0 Å². The maximum absolute atomic E-state index is 13.3. The number of carboxylic acid groups (broad SMARTS) is 3. The quantitative estimate of drug-likeness (QED) is 0.180. The van der Waals surface area contributed by atoms with Crippen LogP contribution in [0.15, 0.2) is 42.6 Å². The zero-order chi connectivity index (χ0) is 42.5. The molecule has 306 valence electrons. The van der Waals surface area contributed by atoms with Gasteiger partial charge in [0, 0.05) is 31.4 Å². The molecule has 0 saturated heterocycles. The summed E-state index contributed by atoms with van der Waals surface area (Å²) in [5, 5.41) is 31.7. The minimum absolute atomic E-state index is 0.0528. The van der Waals surface area contributed by atoms with E-state index in [1.807, 2.05) is 50.5 Å². The number of aromatic amines is 1. The second-order valence-corrected chi connectivity index (χ2v) is 11.4. The average Bonchev–Trinajstić information content (AvgIpc) is 3.51. The number of rotatable bonds is 8. The summed E-state index contributed by atoms with van der Waals surface area (Å²) in [6.45, 7) is 4.07. The van der Waals surface area contributed by atoms with Gasteiger partial charge in [-0.1, -0.05) is 6.07 Å². The average molecular weight is 806 g/mol. The Labute approximate surface area is 306 Å². The second-order valence-electron chi connectivity index (χ2n) is 11.4. The first-order valence-electron chi connectivity index (χ1n) is 15.2. The normalized spacial score (nSPS) is 13.5. The van der Waals surface area contributed by atoms with E-state index in [0.29, 0.717) is 13.0 Å². The number of aliphatic carboxylic acids is 3. The first kappa shape index (κ1) is 47.3. The van der Waals surface area contributed by atoms with Crippen LogP contribution in [-0.2, 0) is 25.6 Å². The molecule has 14 nitrogen and oxygen atoms in total. The van der Waals surface area contributed by atoms with Crippen molar-refractivity contribution in [1.82, 2.24) is 15.1 Å². The van der Waals surface area contributed by atoms with Gasteiger partial charge in [-0.25, -0.2) is 14.4 Å². The molecule has 1 amide bonds. The van der Waals surface area contributed by atoms with Crippen molar-refractivity contribution in [2.45, 2.75) is 31.9 Å². The monoisotopic (exact) mass is 805 g/mol. The summed E-state index contributed by atoms with van der Waals surface area (Å²) >= 11 is 0. The Morgan fingerprint density at radius 2 is 1.40 bits per heavy atom. The van der Waals surface area contributed by atoms with Crippen molar-refractivity contribution in [3.63, 3.8) is 0 Å². The summed E-state index contributed by atoms with van der Waals surface area (Å²) in [5.41, 5.74) is 5.84.